The summed E-state index contributed by atoms with van der Waals surface area (Å²) in [7, 11) is -2.84. The molecule has 0 amide bonds. The molecule has 0 radical (unpaired) electrons. The Bertz CT molecular complexity index is 1040. The van der Waals surface area contributed by atoms with Crippen LogP contribution in [0.5, 0.6) is 0 Å². The monoisotopic (exact) mass is 359 g/mol. The van der Waals surface area contributed by atoms with E-state index in [0.717, 1.165) is 13.1 Å². The number of hydrogen-bond donors (Lipinski definition) is 2. The number of carboxylic acid groups (broad SMARTS) is 1. The zero-order valence-electron chi connectivity index (χ0n) is 13.0. The summed E-state index contributed by atoms with van der Waals surface area (Å²) >= 11 is 0. The lowest BCUT2D eigenvalue weighted by atomic mass is 10.0. The Balaban J connectivity index is 2.21. The third-order valence-electron chi connectivity index (χ3n) is 3.91. The molecule has 3 rings (SSSR count). The Hall–Kier alpha value is -3.13. The van der Waals surface area contributed by atoms with E-state index >= 15 is 0 Å². The first kappa shape index (κ1) is 16.7. The summed E-state index contributed by atoms with van der Waals surface area (Å²) in [5, 5.41) is 19.5. The number of likely N-dealkylation sites (N-methyl/N-ethyl adjacent to an activating group) is 1. The summed E-state index contributed by atoms with van der Waals surface area (Å²) in [5.41, 5.74) is -0.560. The maximum atomic E-state index is 12.8. The molecule has 128 valence electrons. The van der Waals surface area contributed by atoms with Gasteiger partial charge in [-0.3, -0.25) is 9.10 Å². The van der Waals surface area contributed by atoms with E-state index in [-0.39, 0.29) is 21.6 Å². The van der Waals surface area contributed by atoms with Crippen molar-refractivity contribution < 1.29 is 28.2 Å². The van der Waals surface area contributed by atoms with Gasteiger partial charge in [-0.05, 0) is 24.3 Å². The van der Waals surface area contributed by atoms with Crippen molar-refractivity contribution in [2.45, 2.75) is 4.90 Å². The van der Waals surface area contributed by atoms with Crippen LogP contribution in [-0.2, 0) is 10.0 Å². The van der Waals surface area contributed by atoms with Gasteiger partial charge in [0.1, 0.15) is 5.70 Å². The van der Waals surface area contributed by atoms with E-state index < -0.39 is 33.2 Å². The summed E-state index contributed by atoms with van der Waals surface area (Å²) in [6.07, 6.45) is 0. The van der Waals surface area contributed by atoms with E-state index in [1.807, 2.05) is 0 Å². The van der Waals surface area contributed by atoms with E-state index in [9.17, 15) is 23.1 Å². The molecule has 8 heteroatoms. The average molecular weight is 359 g/mol. The molecule has 1 aliphatic rings. The number of rotatable bonds is 3. The topological polar surface area (TPSA) is 112 Å². The number of ketones is 1. The van der Waals surface area contributed by atoms with Crippen molar-refractivity contribution in [1.82, 2.24) is 4.31 Å². The summed E-state index contributed by atoms with van der Waals surface area (Å²) in [6, 6.07) is 11.0. The van der Waals surface area contributed by atoms with Crippen molar-refractivity contribution in [3.05, 3.63) is 70.9 Å². The van der Waals surface area contributed by atoms with Crippen LogP contribution in [0.4, 0.5) is 0 Å². The molecular formula is C17H13NO6S. The highest BCUT2D eigenvalue weighted by Crippen LogP contribution is 2.35. The summed E-state index contributed by atoms with van der Waals surface area (Å²) < 4.78 is 25.9. The molecule has 0 aliphatic carbocycles. The van der Waals surface area contributed by atoms with Crippen LogP contribution in [0.25, 0.3) is 5.76 Å². The number of fused-ring (bicyclic) bond motifs is 1. The second-order valence-corrected chi connectivity index (χ2v) is 7.32. The smallest absolute Gasteiger partial charge is 0.335 e. The van der Waals surface area contributed by atoms with Gasteiger partial charge in [0.25, 0.3) is 10.0 Å². The molecular weight excluding hydrogens is 346 g/mol. The van der Waals surface area contributed by atoms with Crippen molar-refractivity contribution >= 4 is 27.5 Å². The molecule has 1 aliphatic heterocycles. The highest BCUT2D eigenvalue weighted by Gasteiger charge is 2.37. The SMILES string of the molecule is CN1C(C(=O)c2cccc(C(=O)O)c2)=C(O)c2ccccc2S1(=O)=O. The van der Waals surface area contributed by atoms with Gasteiger partial charge in [0.05, 0.1) is 10.5 Å². The number of Topliss-reactive ketones (excluding diaryl/α,β-unsaturated/α-hetero) is 1. The molecule has 0 unspecified atom stereocenters. The van der Waals surface area contributed by atoms with Gasteiger partial charge in [0.15, 0.2) is 5.76 Å². The lowest BCUT2D eigenvalue weighted by molar-refractivity contribution is 0.0697. The summed E-state index contributed by atoms with van der Waals surface area (Å²) in [4.78, 5) is 23.7. The van der Waals surface area contributed by atoms with Crippen LogP contribution >= 0.6 is 0 Å². The van der Waals surface area contributed by atoms with Gasteiger partial charge in [-0.25, -0.2) is 13.2 Å². The highest BCUT2D eigenvalue weighted by atomic mass is 32.2. The molecule has 2 N–H and O–H groups in total. The molecule has 0 spiro atoms. The average Bonchev–Trinajstić information content (AvgIpc) is 2.60. The number of carbonyl (C=O) groups is 2. The normalized spacial score (nSPS) is 15.6. The molecule has 25 heavy (non-hydrogen) atoms. The number of allylic oxidation sites excluding steroid dienone is 1. The van der Waals surface area contributed by atoms with E-state index in [1.165, 1.54) is 36.4 Å². The lowest BCUT2D eigenvalue weighted by Crippen LogP contribution is -2.35. The molecule has 0 saturated carbocycles. The number of sulfonamides is 1. The highest BCUT2D eigenvalue weighted by molar-refractivity contribution is 7.89. The van der Waals surface area contributed by atoms with Gasteiger partial charge >= 0.3 is 5.97 Å². The lowest BCUT2D eigenvalue weighted by Gasteiger charge is -2.28. The van der Waals surface area contributed by atoms with E-state index in [4.69, 9.17) is 5.11 Å². The van der Waals surface area contributed by atoms with Crippen molar-refractivity contribution in [2.75, 3.05) is 7.05 Å². The van der Waals surface area contributed by atoms with Crippen LogP contribution in [0.2, 0.25) is 0 Å². The number of nitrogens with zero attached hydrogens (tertiary/aromatic N) is 1. The first-order valence-corrected chi connectivity index (χ1v) is 8.59. The van der Waals surface area contributed by atoms with Crippen LogP contribution in [0.15, 0.2) is 59.1 Å². The fourth-order valence-electron chi connectivity index (χ4n) is 2.61. The van der Waals surface area contributed by atoms with E-state index in [1.54, 1.807) is 6.07 Å². The fourth-order valence-corrected chi connectivity index (χ4v) is 4.01. The largest absolute Gasteiger partial charge is 0.505 e. The Kier molecular flexibility index (Phi) is 3.84. The van der Waals surface area contributed by atoms with E-state index in [0.29, 0.717) is 4.31 Å². The zero-order chi connectivity index (χ0) is 18.4. The Morgan fingerprint density at radius 1 is 1.00 bits per heavy atom. The predicted octanol–water partition coefficient (Wildman–Crippen LogP) is 2.13. The molecule has 0 bridgehead atoms. The summed E-state index contributed by atoms with van der Waals surface area (Å²) in [5.74, 6) is -2.48. The Morgan fingerprint density at radius 2 is 1.64 bits per heavy atom. The molecule has 1 heterocycles. The van der Waals surface area contributed by atoms with E-state index in [2.05, 4.69) is 0 Å². The fraction of sp³-hybridized carbons (Fsp3) is 0.0588. The van der Waals surface area contributed by atoms with Crippen LogP contribution < -0.4 is 0 Å². The first-order chi connectivity index (χ1) is 11.7. The molecule has 0 atom stereocenters. The maximum absolute atomic E-state index is 12.8. The van der Waals surface area contributed by atoms with Crippen molar-refractivity contribution in [2.24, 2.45) is 0 Å². The number of benzene rings is 2. The predicted molar refractivity (Wildman–Crippen MR) is 88.7 cm³/mol. The van der Waals surface area contributed by atoms with Crippen molar-refractivity contribution in [1.29, 1.82) is 0 Å². The number of aromatic carboxylic acids is 1. The van der Waals surface area contributed by atoms with Crippen LogP contribution in [0, 0.1) is 0 Å². The summed E-state index contributed by atoms with van der Waals surface area (Å²) in [6.45, 7) is 0. The van der Waals surface area contributed by atoms with Gasteiger partial charge < -0.3 is 10.2 Å². The van der Waals surface area contributed by atoms with Gasteiger partial charge in [0, 0.05) is 18.2 Å². The third kappa shape index (κ3) is 2.56. The molecule has 2 aromatic rings. The minimum absolute atomic E-state index is 0.0262. The number of carboxylic acids is 1. The third-order valence-corrected chi connectivity index (χ3v) is 5.72. The van der Waals surface area contributed by atoms with Crippen LogP contribution in [-0.4, -0.2) is 41.7 Å². The van der Waals surface area contributed by atoms with Crippen molar-refractivity contribution in [3.8, 4) is 0 Å². The quantitative estimate of drug-likeness (QED) is 0.812. The van der Waals surface area contributed by atoms with Crippen LogP contribution in [0.1, 0.15) is 26.3 Å². The number of hydrogen-bond acceptors (Lipinski definition) is 5. The minimum Gasteiger partial charge on any atom is -0.505 e. The molecule has 0 aromatic heterocycles. The maximum Gasteiger partial charge on any atom is 0.335 e. The van der Waals surface area contributed by atoms with Crippen LogP contribution in [0.3, 0.4) is 0 Å². The molecule has 0 fully saturated rings. The number of carbonyl (C=O) groups excluding carboxylic acids is 1. The first-order valence-electron chi connectivity index (χ1n) is 7.15. The van der Waals surface area contributed by atoms with Gasteiger partial charge in [-0.2, -0.15) is 0 Å². The standard InChI is InChI=1S/C17H13NO6S/c1-18-14(15(19)10-5-4-6-11(9-10)17(21)22)16(20)12-7-2-3-8-13(12)25(18,23)24/h2-9,20H,1H3,(H,21,22). The minimum atomic E-state index is -4.00. The second kappa shape index (κ2) is 5.75. The van der Waals surface area contributed by atoms with Gasteiger partial charge in [0.2, 0.25) is 5.78 Å². The Labute approximate surface area is 143 Å². The molecule has 7 nitrogen and oxygen atoms in total. The van der Waals surface area contributed by atoms with Gasteiger partial charge in [-0.15, -0.1) is 0 Å². The van der Waals surface area contributed by atoms with Crippen molar-refractivity contribution in [3.63, 3.8) is 0 Å². The number of aliphatic hydroxyl groups is 1. The second-order valence-electron chi connectivity index (χ2n) is 5.38. The number of aliphatic hydroxyl groups excluding tert-OH is 1. The molecule has 2 aromatic carbocycles. The van der Waals surface area contributed by atoms with Gasteiger partial charge in [-0.1, -0.05) is 24.3 Å². The Morgan fingerprint density at radius 3 is 2.32 bits per heavy atom. The zero-order valence-corrected chi connectivity index (χ0v) is 13.8. The molecule has 0 saturated heterocycles.